The summed E-state index contributed by atoms with van der Waals surface area (Å²) in [6.07, 6.45) is 0. The van der Waals surface area contributed by atoms with Crippen LogP contribution in [-0.2, 0) is 10.0 Å². The number of hydrogen-bond donors (Lipinski definition) is 2. The topological polar surface area (TPSA) is 83.6 Å². The van der Waals surface area contributed by atoms with Gasteiger partial charge in [0.1, 0.15) is 0 Å². The highest BCUT2D eigenvalue weighted by molar-refractivity contribution is 7.89. The van der Waals surface area contributed by atoms with Crippen LogP contribution in [0.3, 0.4) is 0 Å². The zero-order valence-electron chi connectivity index (χ0n) is 8.10. The van der Waals surface area contributed by atoms with Gasteiger partial charge in [-0.25, -0.2) is 8.42 Å². The Morgan fingerprint density at radius 2 is 2.08 bits per heavy atom. The van der Waals surface area contributed by atoms with E-state index in [1.807, 2.05) is 0 Å². The Kier molecular flexibility index (Phi) is 5.46. The predicted octanol–water partition coefficient (Wildman–Crippen LogP) is -1.02. The molecule has 13 heavy (non-hydrogen) atoms. The number of aliphatic hydroxyl groups is 1. The van der Waals surface area contributed by atoms with Crippen LogP contribution in [0.2, 0.25) is 0 Å². The first-order valence-corrected chi connectivity index (χ1v) is 5.80. The smallest absolute Gasteiger partial charge is 0.218 e. The van der Waals surface area contributed by atoms with Gasteiger partial charge in [0.2, 0.25) is 10.0 Å². The fourth-order valence-electron chi connectivity index (χ4n) is 0.953. The Bertz CT molecular complexity index is 228. The quantitative estimate of drug-likeness (QED) is 0.587. The second kappa shape index (κ2) is 5.54. The van der Waals surface area contributed by atoms with Crippen LogP contribution in [0.1, 0.15) is 13.8 Å². The molecule has 0 heterocycles. The summed E-state index contributed by atoms with van der Waals surface area (Å²) in [5.74, 6) is 0. The summed E-state index contributed by atoms with van der Waals surface area (Å²) >= 11 is 0. The molecule has 1 atom stereocenters. The molecule has 1 unspecified atom stereocenters. The highest BCUT2D eigenvalue weighted by Crippen LogP contribution is 2.06. The van der Waals surface area contributed by atoms with Crippen LogP contribution in [0.15, 0.2) is 0 Å². The first kappa shape index (κ1) is 12.8. The average Bonchev–Trinajstić information content (AvgIpc) is 2.12. The van der Waals surface area contributed by atoms with Crippen molar-refractivity contribution >= 4 is 10.0 Å². The molecule has 0 saturated carbocycles. The normalized spacial score (nSPS) is 14.8. The summed E-state index contributed by atoms with van der Waals surface area (Å²) < 4.78 is 24.5. The highest BCUT2D eigenvalue weighted by Gasteiger charge is 2.25. The molecule has 0 radical (unpaired) electrons. The second-order valence-corrected chi connectivity index (χ2v) is 5.16. The molecular formula is C7H18N2O3S. The minimum absolute atomic E-state index is 0.101. The van der Waals surface area contributed by atoms with E-state index in [-0.39, 0.29) is 19.7 Å². The molecule has 3 N–H and O–H groups in total. The molecule has 6 heteroatoms. The molecule has 0 saturated heterocycles. The van der Waals surface area contributed by atoms with Gasteiger partial charge in [0.05, 0.1) is 11.9 Å². The van der Waals surface area contributed by atoms with Crippen molar-refractivity contribution in [2.45, 2.75) is 19.1 Å². The maximum absolute atomic E-state index is 11.6. The number of likely N-dealkylation sites (N-methyl/N-ethyl adjacent to an activating group) is 1. The summed E-state index contributed by atoms with van der Waals surface area (Å²) in [5.41, 5.74) is 5.28. The summed E-state index contributed by atoms with van der Waals surface area (Å²) in [7, 11) is -3.32. The molecule has 0 aliphatic carbocycles. The zero-order valence-corrected chi connectivity index (χ0v) is 8.92. The number of aliphatic hydroxyl groups excluding tert-OH is 1. The van der Waals surface area contributed by atoms with Crippen molar-refractivity contribution in [2.75, 3.05) is 26.2 Å². The van der Waals surface area contributed by atoms with E-state index in [0.717, 1.165) is 0 Å². The molecule has 0 aliphatic heterocycles. The van der Waals surface area contributed by atoms with E-state index < -0.39 is 15.3 Å². The van der Waals surface area contributed by atoms with E-state index in [2.05, 4.69) is 0 Å². The van der Waals surface area contributed by atoms with Crippen molar-refractivity contribution in [1.29, 1.82) is 0 Å². The van der Waals surface area contributed by atoms with Crippen LogP contribution in [0.5, 0.6) is 0 Å². The number of nitrogens with two attached hydrogens (primary N) is 1. The highest BCUT2D eigenvalue weighted by atomic mass is 32.2. The van der Waals surface area contributed by atoms with Crippen LogP contribution in [0, 0.1) is 0 Å². The third kappa shape index (κ3) is 3.22. The Balaban J connectivity index is 4.57. The molecule has 0 aliphatic rings. The van der Waals surface area contributed by atoms with Gasteiger partial charge in [-0.1, -0.05) is 6.92 Å². The van der Waals surface area contributed by atoms with Crippen LogP contribution in [-0.4, -0.2) is 49.3 Å². The number of rotatable bonds is 6. The van der Waals surface area contributed by atoms with E-state index in [1.165, 1.54) is 4.31 Å². The molecule has 0 aromatic carbocycles. The lowest BCUT2D eigenvalue weighted by Gasteiger charge is -2.22. The molecule has 0 bridgehead atoms. The lowest BCUT2D eigenvalue weighted by Crippen LogP contribution is -2.41. The monoisotopic (exact) mass is 210 g/mol. The first-order valence-electron chi connectivity index (χ1n) is 4.30. The number of nitrogens with zero attached hydrogens (tertiary/aromatic N) is 1. The summed E-state index contributed by atoms with van der Waals surface area (Å²) in [5, 5.41) is 8.06. The van der Waals surface area contributed by atoms with Crippen molar-refractivity contribution in [3.8, 4) is 0 Å². The standard InChI is InChI=1S/C7H18N2O3S/c1-3-9(4-5-10)13(11,12)7(2)6-8/h7,10H,3-6,8H2,1-2H3. The van der Waals surface area contributed by atoms with Gasteiger partial charge in [0.25, 0.3) is 0 Å². The van der Waals surface area contributed by atoms with Gasteiger partial charge in [-0.2, -0.15) is 4.31 Å². The zero-order chi connectivity index (χ0) is 10.5. The Morgan fingerprint density at radius 3 is 2.38 bits per heavy atom. The third-order valence-electron chi connectivity index (χ3n) is 1.90. The van der Waals surface area contributed by atoms with Crippen molar-refractivity contribution < 1.29 is 13.5 Å². The van der Waals surface area contributed by atoms with Crippen molar-refractivity contribution in [2.24, 2.45) is 5.73 Å². The van der Waals surface area contributed by atoms with Gasteiger partial charge in [0, 0.05) is 19.6 Å². The van der Waals surface area contributed by atoms with E-state index >= 15 is 0 Å². The van der Waals surface area contributed by atoms with Gasteiger partial charge in [0.15, 0.2) is 0 Å². The molecule has 0 fully saturated rings. The van der Waals surface area contributed by atoms with Crippen LogP contribution < -0.4 is 5.73 Å². The Labute approximate surface area is 79.6 Å². The summed E-state index contributed by atoms with van der Waals surface area (Å²) in [6, 6.07) is 0. The molecule has 0 aromatic rings. The van der Waals surface area contributed by atoms with Gasteiger partial charge >= 0.3 is 0 Å². The van der Waals surface area contributed by atoms with Crippen molar-refractivity contribution in [1.82, 2.24) is 4.31 Å². The van der Waals surface area contributed by atoms with Gasteiger partial charge in [-0.3, -0.25) is 0 Å². The van der Waals surface area contributed by atoms with Gasteiger partial charge in [-0.15, -0.1) is 0 Å². The lowest BCUT2D eigenvalue weighted by molar-refractivity contribution is 0.256. The van der Waals surface area contributed by atoms with Crippen molar-refractivity contribution in [3.63, 3.8) is 0 Å². The number of hydrogen-bond acceptors (Lipinski definition) is 4. The average molecular weight is 210 g/mol. The van der Waals surface area contributed by atoms with Crippen LogP contribution >= 0.6 is 0 Å². The molecule has 0 aromatic heterocycles. The van der Waals surface area contributed by atoms with Crippen LogP contribution in [0.25, 0.3) is 0 Å². The minimum atomic E-state index is -3.32. The minimum Gasteiger partial charge on any atom is -0.395 e. The maximum Gasteiger partial charge on any atom is 0.218 e. The molecule has 80 valence electrons. The fraction of sp³-hybridized carbons (Fsp3) is 1.00. The molecule has 0 spiro atoms. The van der Waals surface area contributed by atoms with Gasteiger partial charge < -0.3 is 10.8 Å². The predicted molar refractivity (Wildman–Crippen MR) is 51.8 cm³/mol. The first-order chi connectivity index (χ1) is 6.00. The van der Waals surface area contributed by atoms with E-state index in [4.69, 9.17) is 10.8 Å². The lowest BCUT2D eigenvalue weighted by atomic mass is 10.5. The van der Waals surface area contributed by atoms with E-state index in [0.29, 0.717) is 6.54 Å². The molecule has 0 rings (SSSR count). The maximum atomic E-state index is 11.6. The summed E-state index contributed by atoms with van der Waals surface area (Å²) in [4.78, 5) is 0. The number of sulfonamides is 1. The Hall–Kier alpha value is -0.170. The van der Waals surface area contributed by atoms with Crippen molar-refractivity contribution in [3.05, 3.63) is 0 Å². The Morgan fingerprint density at radius 1 is 1.54 bits per heavy atom. The van der Waals surface area contributed by atoms with E-state index in [1.54, 1.807) is 13.8 Å². The van der Waals surface area contributed by atoms with Crippen LogP contribution in [0.4, 0.5) is 0 Å². The summed E-state index contributed by atoms with van der Waals surface area (Å²) in [6.45, 7) is 3.75. The second-order valence-electron chi connectivity index (χ2n) is 2.81. The SMILES string of the molecule is CCN(CCO)S(=O)(=O)C(C)CN. The third-order valence-corrected chi connectivity index (χ3v) is 4.27. The molecule has 5 nitrogen and oxygen atoms in total. The van der Waals surface area contributed by atoms with E-state index in [9.17, 15) is 8.42 Å². The largest absolute Gasteiger partial charge is 0.395 e. The fourth-order valence-corrected chi connectivity index (χ4v) is 2.40. The molecular weight excluding hydrogens is 192 g/mol. The molecule has 0 amide bonds. The van der Waals surface area contributed by atoms with Gasteiger partial charge in [-0.05, 0) is 6.92 Å².